The number of nitrogens with zero attached hydrogens (tertiary/aromatic N) is 2. The first-order chi connectivity index (χ1) is 10.4. The van der Waals surface area contributed by atoms with Crippen molar-refractivity contribution >= 4 is 12.3 Å². The SMILES string of the molecule is C=CCN(C/C=N/OCc1ccccc1)C(=O)OC(C)(C)C. The number of oxime groups is 1. The molecule has 0 aliphatic rings. The Morgan fingerprint density at radius 1 is 1.27 bits per heavy atom. The van der Waals surface area contributed by atoms with Crippen LogP contribution in [0.1, 0.15) is 26.3 Å². The minimum absolute atomic E-state index is 0.301. The third kappa shape index (κ3) is 7.47. The average molecular weight is 304 g/mol. The number of ether oxygens (including phenoxy) is 1. The highest BCUT2D eigenvalue weighted by Gasteiger charge is 2.20. The van der Waals surface area contributed by atoms with Crippen molar-refractivity contribution in [2.24, 2.45) is 5.16 Å². The number of amides is 1. The van der Waals surface area contributed by atoms with E-state index in [-0.39, 0.29) is 0 Å². The predicted octanol–water partition coefficient (Wildman–Crippen LogP) is 3.61. The van der Waals surface area contributed by atoms with Crippen molar-refractivity contribution in [3.05, 3.63) is 48.6 Å². The molecular formula is C17H24N2O3. The first kappa shape index (κ1) is 17.8. The third-order valence-corrected chi connectivity index (χ3v) is 2.53. The van der Waals surface area contributed by atoms with E-state index in [2.05, 4.69) is 11.7 Å². The van der Waals surface area contributed by atoms with Gasteiger partial charge in [-0.15, -0.1) is 6.58 Å². The molecule has 1 aromatic rings. The lowest BCUT2D eigenvalue weighted by Crippen LogP contribution is -2.38. The second kappa shape index (κ2) is 8.87. The Kier molecular flexibility index (Phi) is 7.16. The summed E-state index contributed by atoms with van der Waals surface area (Å²) in [5.41, 5.74) is 0.506. The van der Waals surface area contributed by atoms with Crippen molar-refractivity contribution in [1.82, 2.24) is 4.90 Å². The highest BCUT2D eigenvalue weighted by molar-refractivity contribution is 5.73. The quantitative estimate of drug-likeness (QED) is 0.439. The van der Waals surface area contributed by atoms with Crippen LogP contribution in [0.25, 0.3) is 0 Å². The van der Waals surface area contributed by atoms with Crippen LogP contribution in [0.3, 0.4) is 0 Å². The molecule has 0 saturated carbocycles. The van der Waals surface area contributed by atoms with E-state index in [0.29, 0.717) is 19.7 Å². The summed E-state index contributed by atoms with van der Waals surface area (Å²) in [4.78, 5) is 18.7. The first-order valence-electron chi connectivity index (χ1n) is 7.19. The number of benzene rings is 1. The summed E-state index contributed by atoms with van der Waals surface area (Å²) in [5, 5.41) is 3.86. The van der Waals surface area contributed by atoms with E-state index in [1.807, 2.05) is 51.1 Å². The van der Waals surface area contributed by atoms with Gasteiger partial charge in [-0.05, 0) is 26.3 Å². The van der Waals surface area contributed by atoms with Crippen LogP contribution < -0.4 is 0 Å². The lowest BCUT2D eigenvalue weighted by molar-refractivity contribution is 0.0299. The molecule has 1 aromatic carbocycles. The number of carbonyl (C=O) groups is 1. The Bertz CT molecular complexity index is 492. The molecule has 0 saturated heterocycles. The smallest absolute Gasteiger partial charge is 0.410 e. The van der Waals surface area contributed by atoms with E-state index in [0.717, 1.165) is 5.56 Å². The second-order valence-corrected chi connectivity index (χ2v) is 5.72. The highest BCUT2D eigenvalue weighted by atomic mass is 16.6. The minimum atomic E-state index is -0.530. The zero-order valence-corrected chi connectivity index (χ0v) is 13.5. The maximum Gasteiger partial charge on any atom is 0.410 e. The fourth-order valence-corrected chi connectivity index (χ4v) is 1.58. The molecule has 0 spiro atoms. The molecule has 120 valence electrons. The van der Waals surface area contributed by atoms with Crippen LogP contribution in [-0.4, -0.2) is 35.9 Å². The zero-order valence-electron chi connectivity index (χ0n) is 13.5. The van der Waals surface area contributed by atoms with Crippen LogP contribution in [0.4, 0.5) is 4.79 Å². The summed E-state index contributed by atoms with van der Waals surface area (Å²) in [7, 11) is 0. The summed E-state index contributed by atoms with van der Waals surface area (Å²) < 4.78 is 5.32. The molecule has 5 heteroatoms. The molecule has 5 nitrogen and oxygen atoms in total. The maximum absolute atomic E-state index is 12.0. The van der Waals surface area contributed by atoms with Gasteiger partial charge in [-0.3, -0.25) is 4.90 Å². The van der Waals surface area contributed by atoms with Crippen LogP contribution >= 0.6 is 0 Å². The summed E-state index contributed by atoms with van der Waals surface area (Å²) >= 11 is 0. The Labute approximate surface area is 132 Å². The summed E-state index contributed by atoms with van der Waals surface area (Å²) in [6.07, 6.45) is 2.78. The Hall–Kier alpha value is -2.30. The van der Waals surface area contributed by atoms with Crippen molar-refractivity contribution in [1.29, 1.82) is 0 Å². The van der Waals surface area contributed by atoms with Gasteiger partial charge in [0.05, 0.1) is 12.8 Å². The van der Waals surface area contributed by atoms with Gasteiger partial charge in [0.2, 0.25) is 0 Å². The molecule has 0 atom stereocenters. The maximum atomic E-state index is 12.0. The average Bonchev–Trinajstić information content (AvgIpc) is 2.45. The van der Waals surface area contributed by atoms with Gasteiger partial charge in [0, 0.05) is 6.54 Å². The van der Waals surface area contributed by atoms with E-state index >= 15 is 0 Å². The van der Waals surface area contributed by atoms with Crippen molar-refractivity contribution in [2.45, 2.75) is 33.0 Å². The van der Waals surface area contributed by atoms with E-state index < -0.39 is 11.7 Å². The highest BCUT2D eigenvalue weighted by Crippen LogP contribution is 2.09. The molecule has 0 unspecified atom stereocenters. The summed E-state index contributed by atoms with van der Waals surface area (Å²) in [6, 6.07) is 9.74. The van der Waals surface area contributed by atoms with E-state index in [4.69, 9.17) is 9.57 Å². The summed E-state index contributed by atoms with van der Waals surface area (Å²) in [6.45, 7) is 10.2. The van der Waals surface area contributed by atoms with Crippen molar-refractivity contribution < 1.29 is 14.4 Å². The van der Waals surface area contributed by atoms with Crippen LogP contribution in [0, 0.1) is 0 Å². The van der Waals surface area contributed by atoms with Gasteiger partial charge in [-0.25, -0.2) is 4.79 Å². The number of hydrogen-bond acceptors (Lipinski definition) is 4. The predicted molar refractivity (Wildman–Crippen MR) is 87.7 cm³/mol. The molecule has 0 radical (unpaired) electrons. The molecule has 0 heterocycles. The van der Waals surface area contributed by atoms with Crippen LogP contribution in [0.5, 0.6) is 0 Å². The van der Waals surface area contributed by atoms with Crippen LogP contribution in [0.15, 0.2) is 48.1 Å². The van der Waals surface area contributed by atoms with Gasteiger partial charge in [0.1, 0.15) is 12.2 Å². The summed E-state index contributed by atoms with van der Waals surface area (Å²) in [5.74, 6) is 0. The molecule has 0 bridgehead atoms. The van der Waals surface area contributed by atoms with Gasteiger partial charge >= 0.3 is 6.09 Å². The fraction of sp³-hybridized carbons (Fsp3) is 0.412. The molecule has 1 rings (SSSR count). The molecular weight excluding hydrogens is 280 g/mol. The Morgan fingerprint density at radius 2 is 1.95 bits per heavy atom. The normalized spacial score (nSPS) is 11.2. The van der Waals surface area contributed by atoms with Crippen molar-refractivity contribution in [3.63, 3.8) is 0 Å². The first-order valence-corrected chi connectivity index (χ1v) is 7.19. The third-order valence-electron chi connectivity index (χ3n) is 2.53. The molecule has 0 aliphatic heterocycles. The molecule has 22 heavy (non-hydrogen) atoms. The van der Waals surface area contributed by atoms with Crippen LogP contribution in [0.2, 0.25) is 0 Å². The number of rotatable bonds is 7. The second-order valence-electron chi connectivity index (χ2n) is 5.72. The van der Waals surface area contributed by atoms with Crippen LogP contribution in [-0.2, 0) is 16.2 Å². The van der Waals surface area contributed by atoms with E-state index in [1.54, 1.807) is 6.08 Å². The number of hydrogen-bond donors (Lipinski definition) is 0. The molecule has 0 fully saturated rings. The van der Waals surface area contributed by atoms with Gasteiger partial charge in [0.25, 0.3) is 0 Å². The molecule has 0 aromatic heterocycles. The van der Waals surface area contributed by atoms with Crippen molar-refractivity contribution in [2.75, 3.05) is 13.1 Å². The molecule has 0 aliphatic carbocycles. The zero-order chi connectivity index (χ0) is 16.4. The minimum Gasteiger partial charge on any atom is -0.444 e. The Balaban J connectivity index is 2.41. The lowest BCUT2D eigenvalue weighted by Gasteiger charge is -2.25. The van der Waals surface area contributed by atoms with E-state index in [9.17, 15) is 4.79 Å². The van der Waals surface area contributed by atoms with Gasteiger partial charge < -0.3 is 9.57 Å². The standard InChI is InChI=1S/C17H24N2O3/c1-5-12-19(16(20)22-17(2,3)4)13-11-18-21-14-15-9-7-6-8-10-15/h5-11H,1,12-14H2,2-4H3/b18-11+. The number of carbonyl (C=O) groups excluding carboxylic acids is 1. The van der Waals surface area contributed by atoms with Crippen molar-refractivity contribution in [3.8, 4) is 0 Å². The lowest BCUT2D eigenvalue weighted by atomic mass is 10.2. The largest absolute Gasteiger partial charge is 0.444 e. The van der Waals surface area contributed by atoms with Gasteiger partial charge in [-0.1, -0.05) is 41.6 Å². The van der Waals surface area contributed by atoms with Gasteiger partial charge in [-0.2, -0.15) is 0 Å². The Morgan fingerprint density at radius 3 is 2.55 bits per heavy atom. The van der Waals surface area contributed by atoms with E-state index in [1.165, 1.54) is 11.1 Å². The topological polar surface area (TPSA) is 51.1 Å². The fourth-order valence-electron chi connectivity index (χ4n) is 1.58. The van der Waals surface area contributed by atoms with Gasteiger partial charge in [0.15, 0.2) is 0 Å². The molecule has 0 N–H and O–H groups in total. The molecule has 1 amide bonds. The monoisotopic (exact) mass is 304 g/mol.